The fourth-order valence-electron chi connectivity index (χ4n) is 2.16. The monoisotopic (exact) mass is 366 g/mol. The molecule has 0 radical (unpaired) electrons. The van der Waals surface area contributed by atoms with Gasteiger partial charge in [0.15, 0.2) is 5.13 Å². The van der Waals surface area contributed by atoms with Crippen molar-refractivity contribution in [2.75, 3.05) is 11.3 Å². The molecular formula is C16H15FN2O3S2. The van der Waals surface area contributed by atoms with Crippen LogP contribution >= 0.6 is 11.3 Å². The summed E-state index contributed by atoms with van der Waals surface area (Å²) in [6.07, 6.45) is 0. The molecule has 3 aromatic rings. The van der Waals surface area contributed by atoms with Crippen LogP contribution in [0.4, 0.5) is 9.52 Å². The molecule has 0 spiro atoms. The van der Waals surface area contributed by atoms with E-state index in [2.05, 4.69) is 9.71 Å². The largest absolute Gasteiger partial charge is 0.494 e. The number of ether oxygens (including phenoxy) is 1. The number of hydrogen-bond donors (Lipinski definition) is 1. The Balaban J connectivity index is 1.91. The third-order valence-corrected chi connectivity index (χ3v) is 5.73. The molecule has 0 aliphatic heterocycles. The lowest BCUT2D eigenvalue weighted by atomic mass is 10.2. The van der Waals surface area contributed by atoms with Gasteiger partial charge in [-0.25, -0.2) is 17.8 Å². The Kier molecular flexibility index (Phi) is 4.42. The van der Waals surface area contributed by atoms with Gasteiger partial charge in [-0.05, 0) is 55.8 Å². The van der Waals surface area contributed by atoms with Gasteiger partial charge in [0, 0.05) is 0 Å². The first kappa shape index (κ1) is 16.7. The topological polar surface area (TPSA) is 68.3 Å². The van der Waals surface area contributed by atoms with E-state index in [1.807, 2.05) is 13.0 Å². The third-order valence-electron chi connectivity index (χ3n) is 3.33. The van der Waals surface area contributed by atoms with Gasteiger partial charge in [0.2, 0.25) is 0 Å². The zero-order valence-electron chi connectivity index (χ0n) is 13.0. The molecule has 0 bridgehead atoms. The molecule has 0 saturated heterocycles. The van der Waals surface area contributed by atoms with Crippen LogP contribution < -0.4 is 9.46 Å². The minimum atomic E-state index is -3.82. The van der Waals surface area contributed by atoms with E-state index in [-0.39, 0.29) is 15.6 Å². The van der Waals surface area contributed by atoms with Crippen molar-refractivity contribution >= 4 is 36.7 Å². The number of fused-ring (bicyclic) bond motifs is 1. The van der Waals surface area contributed by atoms with Gasteiger partial charge in [-0.1, -0.05) is 11.3 Å². The number of halogens is 1. The number of aromatic nitrogens is 1. The molecule has 0 unspecified atom stereocenters. The Labute approximate surface area is 143 Å². The molecule has 0 saturated carbocycles. The molecule has 0 aliphatic carbocycles. The maximum absolute atomic E-state index is 13.3. The first-order valence-electron chi connectivity index (χ1n) is 7.21. The number of benzene rings is 2. The molecule has 1 N–H and O–H groups in total. The van der Waals surface area contributed by atoms with E-state index < -0.39 is 15.8 Å². The summed E-state index contributed by atoms with van der Waals surface area (Å²) in [5.41, 5.74) is 0.944. The summed E-state index contributed by atoms with van der Waals surface area (Å²) in [4.78, 5) is 4.26. The Bertz CT molecular complexity index is 1000. The zero-order chi connectivity index (χ0) is 17.3. The molecule has 1 aromatic heterocycles. The van der Waals surface area contributed by atoms with E-state index >= 15 is 0 Å². The summed E-state index contributed by atoms with van der Waals surface area (Å²) in [5, 5.41) is 0.251. The molecule has 0 aliphatic rings. The molecule has 2 aromatic carbocycles. The van der Waals surface area contributed by atoms with E-state index in [1.165, 1.54) is 30.4 Å². The molecule has 5 nitrogen and oxygen atoms in total. The Morgan fingerprint density at radius 3 is 2.75 bits per heavy atom. The highest BCUT2D eigenvalue weighted by molar-refractivity contribution is 7.93. The molecule has 8 heteroatoms. The minimum absolute atomic E-state index is 0.00402. The second kappa shape index (κ2) is 6.37. The summed E-state index contributed by atoms with van der Waals surface area (Å²) in [5.74, 6) is 0.259. The summed E-state index contributed by atoms with van der Waals surface area (Å²) in [6.45, 7) is 3.95. The number of nitrogens with one attached hydrogen (secondary N) is 1. The van der Waals surface area contributed by atoms with Gasteiger partial charge in [-0.2, -0.15) is 0 Å². The third kappa shape index (κ3) is 3.34. The van der Waals surface area contributed by atoms with Crippen LogP contribution in [-0.2, 0) is 10.0 Å². The number of aryl methyl sites for hydroxylation is 1. The number of hydrogen-bond acceptors (Lipinski definition) is 5. The molecule has 3 rings (SSSR count). The predicted octanol–water partition coefficient (Wildman–Crippen LogP) is 3.94. The van der Waals surface area contributed by atoms with Crippen molar-refractivity contribution in [2.45, 2.75) is 18.7 Å². The normalized spacial score (nSPS) is 11.6. The average molecular weight is 366 g/mol. The zero-order valence-corrected chi connectivity index (χ0v) is 14.7. The maximum atomic E-state index is 13.3. The SMILES string of the molecule is CCOc1ccc2nc(NS(=O)(=O)c3ccc(F)c(C)c3)sc2c1. The number of thiazole rings is 1. The highest BCUT2D eigenvalue weighted by Gasteiger charge is 2.18. The van der Waals surface area contributed by atoms with E-state index in [4.69, 9.17) is 4.74 Å². The fraction of sp³-hybridized carbons (Fsp3) is 0.188. The van der Waals surface area contributed by atoms with Crippen LogP contribution in [0.15, 0.2) is 41.3 Å². The number of rotatable bonds is 5. The Morgan fingerprint density at radius 1 is 1.25 bits per heavy atom. The van der Waals surface area contributed by atoms with Crippen molar-refractivity contribution in [2.24, 2.45) is 0 Å². The summed E-state index contributed by atoms with van der Waals surface area (Å²) < 4.78 is 46.8. The molecule has 0 amide bonds. The highest BCUT2D eigenvalue weighted by Crippen LogP contribution is 2.30. The van der Waals surface area contributed by atoms with Crippen LogP contribution in [-0.4, -0.2) is 20.0 Å². The van der Waals surface area contributed by atoms with Crippen molar-refractivity contribution in [3.63, 3.8) is 0 Å². The smallest absolute Gasteiger partial charge is 0.263 e. The quantitative estimate of drug-likeness (QED) is 0.742. The van der Waals surface area contributed by atoms with Crippen LogP contribution in [0.25, 0.3) is 10.2 Å². The maximum Gasteiger partial charge on any atom is 0.263 e. The average Bonchev–Trinajstić information content (AvgIpc) is 2.91. The molecule has 1 heterocycles. The molecule has 0 atom stereocenters. The van der Waals surface area contributed by atoms with Gasteiger partial charge in [0.05, 0.1) is 21.7 Å². The molecule has 126 valence electrons. The summed E-state index contributed by atoms with van der Waals surface area (Å²) in [7, 11) is -3.82. The molecule has 0 fully saturated rings. The van der Waals surface area contributed by atoms with Crippen molar-refractivity contribution in [1.29, 1.82) is 0 Å². The first-order valence-corrected chi connectivity index (χ1v) is 9.51. The lowest BCUT2D eigenvalue weighted by Crippen LogP contribution is -2.13. The number of sulfonamides is 1. The van der Waals surface area contributed by atoms with Crippen LogP contribution in [0.3, 0.4) is 0 Å². The van der Waals surface area contributed by atoms with Crippen molar-refractivity contribution < 1.29 is 17.5 Å². The van der Waals surface area contributed by atoms with Crippen LogP contribution in [0, 0.1) is 12.7 Å². The van der Waals surface area contributed by atoms with Crippen molar-refractivity contribution in [3.8, 4) is 5.75 Å². The standard InChI is InChI=1S/C16H15FN2O3S2/c1-3-22-11-4-7-14-15(9-11)23-16(18-14)19-24(20,21)12-5-6-13(17)10(2)8-12/h4-9H,3H2,1-2H3,(H,18,19). The van der Waals surface area contributed by atoms with Crippen molar-refractivity contribution in [3.05, 3.63) is 47.8 Å². The van der Waals surface area contributed by atoms with Gasteiger partial charge in [-0.3, -0.25) is 4.72 Å². The van der Waals surface area contributed by atoms with Crippen LogP contribution in [0.2, 0.25) is 0 Å². The summed E-state index contributed by atoms with van der Waals surface area (Å²) in [6, 6.07) is 9.03. The predicted molar refractivity (Wildman–Crippen MR) is 92.7 cm³/mol. The van der Waals surface area contributed by atoms with Crippen LogP contribution in [0.1, 0.15) is 12.5 Å². The van der Waals surface area contributed by atoms with E-state index in [0.717, 1.165) is 10.8 Å². The van der Waals surface area contributed by atoms with E-state index in [0.29, 0.717) is 17.9 Å². The lowest BCUT2D eigenvalue weighted by molar-refractivity contribution is 0.341. The van der Waals surface area contributed by atoms with Gasteiger partial charge < -0.3 is 4.74 Å². The highest BCUT2D eigenvalue weighted by atomic mass is 32.2. The van der Waals surface area contributed by atoms with Gasteiger partial charge in [-0.15, -0.1) is 0 Å². The Morgan fingerprint density at radius 2 is 2.04 bits per heavy atom. The van der Waals surface area contributed by atoms with Gasteiger partial charge >= 0.3 is 0 Å². The minimum Gasteiger partial charge on any atom is -0.494 e. The van der Waals surface area contributed by atoms with E-state index in [9.17, 15) is 12.8 Å². The second-order valence-corrected chi connectivity index (χ2v) is 7.81. The summed E-state index contributed by atoms with van der Waals surface area (Å²) >= 11 is 1.21. The molecular weight excluding hydrogens is 351 g/mol. The second-order valence-electron chi connectivity index (χ2n) is 5.10. The van der Waals surface area contributed by atoms with Gasteiger partial charge in [0.1, 0.15) is 11.6 Å². The van der Waals surface area contributed by atoms with E-state index in [1.54, 1.807) is 12.1 Å². The van der Waals surface area contributed by atoms with Crippen molar-refractivity contribution in [1.82, 2.24) is 4.98 Å². The first-order chi connectivity index (χ1) is 11.4. The van der Waals surface area contributed by atoms with Gasteiger partial charge in [0.25, 0.3) is 10.0 Å². The number of nitrogens with zero attached hydrogens (tertiary/aromatic N) is 1. The fourth-order valence-corrected chi connectivity index (χ4v) is 4.38. The number of anilines is 1. The molecule has 24 heavy (non-hydrogen) atoms. The van der Waals surface area contributed by atoms with Crippen LogP contribution in [0.5, 0.6) is 5.75 Å². The lowest BCUT2D eigenvalue weighted by Gasteiger charge is -2.06. The Hall–Kier alpha value is -2.19.